The van der Waals surface area contributed by atoms with E-state index < -0.39 is 5.82 Å². The number of hydrogen-bond donors (Lipinski definition) is 2. The molecule has 2 aromatic rings. The Kier molecular flexibility index (Phi) is 4.26. The van der Waals surface area contributed by atoms with Gasteiger partial charge < -0.3 is 9.88 Å². The average Bonchev–Trinajstić information content (AvgIpc) is 3.27. The molecule has 3 rings (SSSR count). The van der Waals surface area contributed by atoms with Crippen LogP contribution in [0.25, 0.3) is 0 Å². The predicted molar refractivity (Wildman–Crippen MR) is 83.1 cm³/mol. The summed E-state index contributed by atoms with van der Waals surface area (Å²) in [5.74, 6) is 0.451. The molecule has 0 aliphatic heterocycles. The first-order valence-electron chi connectivity index (χ1n) is 6.94. The maximum Gasteiger partial charge on any atom is 0.251 e. The second-order valence-corrected chi connectivity index (χ2v) is 5.99. The number of aromatic nitrogens is 3. The van der Waals surface area contributed by atoms with Crippen molar-refractivity contribution in [3.8, 4) is 0 Å². The van der Waals surface area contributed by atoms with Gasteiger partial charge in [0.1, 0.15) is 11.6 Å². The summed E-state index contributed by atoms with van der Waals surface area (Å²) in [6.07, 6.45) is 2.24. The smallest absolute Gasteiger partial charge is 0.251 e. The Morgan fingerprint density at radius 2 is 2.32 bits per heavy atom. The molecule has 116 valence electrons. The number of rotatable bonds is 5. The van der Waals surface area contributed by atoms with Crippen LogP contribution in [0.5, 0.6) is 0 Å². The summed E-state index contributed by atoms with van der Waals surface area (Å²) in [5, 5.41) is 9.74. The Labute approximate surface area is 136 Å². The van der Waals surface area contributed by atoms with Gasteiger partial charge in [-0.2, -0.15) is 5.10 Å². The van der Waals surface area contributed by atoms with Crippen molar-refractivity contribution in [1.82, 2.24) is 20.1 Å². The summed E-state index contributed by atoms with van der Waals surface area (Å²) < 4.78 is 15.8. The van der Waals surface area contributed by atoms with Crippen LogP contribution in [0.3, 0.4) is 0 Å². The van der Waals surface area contributed by atoms with Gasteiger partial charge in [-0.05, 0) is 43.3 Å². The number of halogens is 2. The second-order valence-electron chi connectivity index (χ2n) is 5.20. The Hall–Kier alpha value is -1.73. The number of benzene rings is 1. The minimum absolute atomic E-state index is 0.00433. The molecule has 1 fully saturated rings. The van der Waals surface area contributed by atoms with Crippen molar-refractivity contribution in [2.24, 2.45) is 0 Å². The summed E-state index contributed by atoms with van der Waals surface area (Å²) in [6, 6.07) is 3.97. The molecule has 0 atom stereocenters. The third-order valence-electron chi connectivity index (χ3n) is 3.53. The topological polar surface area (TPSA) is 62.7 Å². The molecule has 1 aromatic carbocycles. The molecule has 1 aliphatic carbocycles. The number of hydrogen-bond acceptors (Lipinski definition) is 3. The van der Waals surface area contributed by atoms with Crippen molar-refractivity contribution in [2.45, 2.75) is 25.3 Å². The van der Waals surface area contributed by atoms with Gasteiger partial charge in [0, 0.05) is 24.6 Å². The summed E-state index contributed by atoms with van der Waals surface area (Å²) in [6.45, 7) is 0.916. The lowest BCUT2D eigenvalue weighted by Gasteiger charge is -2.08. The lowest BCUT2D eigenvalue weighted by molar-refractivity contribution is 0.0951. The van der Waals surface area contributed by atoms with Crippen LogP contribution in [-0.2, 0) is 6.54 Å². The molecular formula is C14H14ClFN4OS. The lowest BCUT2D eigenvalue weighted by Crippen LogP contribution is -2.27. The van der Waals surface area contributed by atoms with Crippen molar-refractivity contribution in [2.75, 3.05) is 6.54 Å². The molecule has 2 N–H and O–H groups in total. The molecule has 22 heavy (non-hydrogen) atoms. The van der Waals surface area contributed by atoms with E-state index in [2.05, 4.69) is 15.5 Å². The zero-order valence-corrected chi connectivity index (χ0v) is 13.2. The van der Waals surface area contributed by atoms with E-state index in [0.717, 1.165) is 24.7 Å². The summed E-state index contributed by atoms with van der Waals surface area (Å²) in [4.78, 5) is 12.0. The summed E-state index contributed by atoms with van der Waals surface area (Å²) in [7, 11) is 0. The van der Waals surface area contributed by atoms with Crippen LogP contribution < -0.4 is 5.32 Å². The number of carbonyl (C=O) groups is 1. The molecule has 0 spiro atoms. The molecule has 1 heterocycles. The van der Waals surface area contributed by atoms with E-state index in [1.54, 1.807) is 0 Å². The first-order chi connectivity index (χ1) is 10.6. The van der Waals surface area contributed by atoms with Crippen LogP contribution >= 0.6 is 23.8 Å². The normalized spacial score (nSPS) is 14.1. The number of amides is 1. The van der Waals surface area contributed by atoms with Gasteiger partial charge >= 0.3 is 0 Å². The van der Waals surface area contributed by atoms with E-state index in [-0.39, 0.29) is 16.5 Å². The molecule has 5 nitrogen and oxygen atoms in total. The van der Waals surface area contributed by atoms with Gasteiger partial charge in [0.05, 0.1) is 5.02 Å². The molecule has 1 saturated carbocycles. The number of H-pyrrole nitrogens is 1. The van der Waals surface area contributed by atoms with Gasteiger partial charge in [0.2, 0.25) is 0 Å². The van der Waals surface area contributed by atoms with Gasteiger partial charge in [-0.25, -0.2) is 4.39 Å². The second kappa shape index (κ2) is 6.18. The molecule has 1 aromatic heterocycles. The Morgan fingerprint density at radius 3 is 3.00 bits per heavy atom. The Bertz CT molecular complexity index is 768. The van der Waals surface area contributed by atoms with E-state index in [4.69, 9.17) is 23.8 Å². The molecule has 0 bridgehead atoms. The van der Waals surface area contributed by atoms with Crippen LogP contribution in [0.2, 0.25) is 5.02 Å². The fourth-order valence-corrected chi connectivity index (χ4v) is 2.57. The van der Waals surface area contributed by atoms with Crippen molar-refractivity contribution in [3.05, 3.63) is 45.2 Å². The van der Waals surface area contributed by atoms with Crippen molar-refractivity contribution >= 4 is 29.7 Å². The highest BCUT2D eigenvalue weighted by Gasteiger charge is 2.28. The summed E-state index contributed by atoms with van der Waals surface area (Å²) in [5.41, 5.74) is 0.236. The SMILES string of the molecule is O=C(NCCn1c(C2CC2)n[nH]c1=S)c1ccc(Cl)c(F)c1. The van der Waals surface area contributed by atoms with Gasteiger partial charge in [0.15, 0.2) is 4.77 Å². The third-order valence-corrected chi connectivity index (χ3v) is 4.15. The highest BCUT2D eigenvalue weighted by molar-refractivity contribution is 7.71. The number of aromatic amines is 1. The molecule has 1 aliphatic rings. The monoisotopic (exact) mass is 340 g/mol. The largest absolute Gasteiger partial charge is 0.350 e. The minimum Gasteiger partial charge on any atom is -0.350 e. The number of nitrogens with one attached hydrogen (secondary N) is 2. The number of nitrogens with zero attached hydrogens (tertiary/aromatic N) is 2. The van der Waals surface area contributed by atoms with Gasteiger partial charge in [-0.1, -0.05) is 11.6 Å². The molecule has 0 unspecified atom stereocenters. The fraction of sp³-hybridized carbons (Fsp3) is 0.357. The fourth-order valence-electron chi connectivity index (χ4n) is 2.22. The first kappa shape index (κ1) is 15.2. The van der Waals surface area contributed by atoms with E-state index >= 15 is 0 Å². The molecule has 0 saturated heterocycles. The van der Waals surface area contributed by atoms with Crippen LogP contribution in [0, 0.1) is 10.6 Å². The maximum absolute atomic E-state index is 13.3. The summed E-state index contributed by atoms with van der Waals surface area (Å²) >= 11 is 10.8. The van der Waals surface area contributed by atoms with Gasteiger partial charge in [-0.15, -0.1) is 0 Å². The van der Waals surface area contributed by atoms with Gasteiger partial charge in [-0.3, -0.25) is 9.89 Å². The molecular weight excluding hydrogens is 327 g/mol. The lowest BCUT2D eigenvalue weighted by atomic mass is 10.2. The Balaban J connectivity index is 1.61. The zero-order chi connectivity index (χ0) is 15.7. The number of carbonyl (C=O) groups excluding carboxylic acids is 1. The molecule has 8 heteroatoms. The Morgan fingerprint density at radius 1 is 1.55 bits per heavy atom. The third kappa shape index (κ3) is 3.20. The van der Waals surface area contributed by atoms with Crippen molar-refractivity contribution < 1.29 is 9.18 Å². The highest BCUT2D eigenvalue weighted by atomic mass is 35.5. The standard InChI is InChI=1S/C14H14ClFN4OS/c15-10-4-3-9(7-11(10)16)13(21)17-5-6-20-12(8-1-2-8)18-19-14(20)22/h3-4,7-8H,1-2,5-6H2,(H,17,21)(H,19,22). The van der Waals surface area contributed by atoms with Crippen LogP contribution in [0.1, 0.15) is 34.9 Å². The van der Waals surface area contributed by atoms with Crippen LogP contribution in [0.4, 0.5) is 4.39 Å². The zero-order valence-electron chi connectivity index (χ0n) is 11.6. The van der Waals surface area contributed by atoms with Crippen LogP contribution in [0.15, 0.2) is 18.2 Å². The van der Waals surface area contributed by atoms with E-state index in [9.17, 15) is 9.18 Å². The predicted octanol–water partition coefficient (Wildman–Crippen LogP) is 3.04. The van der Waals surface area contributed by atoms with E-state index in [1.807, 2.05) is 4.57 Å². The minimum atomic E-state index is -0.609. The van der Waals surface area contributed by atoms with E-state index in [1.165, 1.54) is 12.1 Å². The van der Waals surface area contributed by atoms with E-state index in [0.29, 0.717) is 23.8 Å². The van der Waals surface area contributed by atoms with Gasteiger partial charge in [0.25, 0.3) is 5.91 Å². The quantitative estimate of drug-likeness (QED) is 0.822. The van der Waals surface area contributed by atoms with Crippen LogP contribution in [-0.4, -0.2) is 27.2 Å². The van der Waals surface area contributed by atoms with Crippen molar-refractivity contribution in [3.63, 3.8) is 0 Å². The molecule has 0 radical (unpaired) electrons. The van der Waals surface area contributed by atoms with Crippen molar-refractivity contribution in [1.29, 1.82) is 0 Å². The maximum atomic E-state index is 13.3. The first-order valence-corrected chi connectivity index (χ1v) is 7.73. The molecule has 1 amide bonds. The highest BCUT2D eigenvalue weighted by Crippen LogP contribution is 2.38. The average molecular weight is 341 g/mol.